The molecule has 0 spiro atoms. The maximum atomic E-state index is 5.87. The Morgan fingerprint density at radius 2 is 2.24 bits per heavy atom. The first kappa shape index (κ1) is 15.2. The highest BCUT2D eigenvalue weighted by Gasteiger charge is 2.19. The maximum Gasteiger partial charge on any atom is 0.113 e. The van der Waals surface area contributed by atoms with Gasteiger partial charge in [-0.3, -0.25) is 4.90 Å². The molecule has 2 rings (SSSR count). The number of piperidine rings is 1. The summed E-state index contributed by atoms with van der Waals surface area (Å²) < 4.78 is 0.792. The van der Waals surface area contributed by atoms with E-state index in [1.807, 2.05) is 7.05 Å². The molecule has 1 saturated heterocycles. The number of halogens is 2. The van der Waals surface area contributed by atoms with Crippen LogP contribution >= 0.6 is 35.3 Å². The number of thiazole rings is 1. The Labute approximate surface area is 118 Å². The monoisotopic (exact) mass is 295 g/mol. The summed E-state index contributed by atoms with van der Waals surface area (Å²) in [5, 5.41) is 4.40. The topological polar surface area (TPSA) is 28.2 Å². The molecule has 2 heterocycles. The molecule has 1 aromatic heterocycles. The number of hydrogen-bond acceptors (Lipinski definition) is 4. The Morgan fingerprint density at radius 3 is 2.76 bits per heavy atom. The average Bonchev–Trinajstić information content (AvgIpc) is 2.67. The van der Waals surface area contributed by atoms with Gasteiger partial charge in [-0.15, -0.1) is 23.7 Å². The lowest BCUT2D eigenvalue weighted by atomic mass is 9.97. The third kappa shape index (κ3) is 4.72. The van der Waals surface area contributed by atoms with Crippen molar-refractivity contribution in [3.05, 3.63) is 15.5 Å². The molecule has 0 aliphatic carbocycles. The van der Waals surface area contributed by atoms with Crippen molar-refractivity contribution in [2.75, 3.05) is 26.7 Å². The normalized spacial score (nSPS) is 18.0. The van der Waals surface area contributed by atoms with Crippen LogP contribution in [0, 0.1) is 5.92 Å². The summed E-state index contributed by atoms with van der Waals surface area (Å²) in [4.78, 5) is 6.77. The Balaban J connectivity index is 0.00000144. The SMILES string of the molecule is CNCC1CCN(Cc2ncc(Cl)s2)CC1.Cl. The van der Waals surface area contributed by atoms with Crippen LogP contribution in [0.15, 0.2) is 6.20 Å². The van der Waals surface area contributed by atoms with Gasteiger partial charge in [0.05, 0.1) is 12.7 Å². The molecular formula is C11H19Cl2N3S. The summed E-state index contributed by atoms with van der Waals surface area (Å²) in [6, 6.07) is 0. The highest BCUT2D eigenvalue weighted by atomic mass is 35.5. The van der Waals surface area contributed by atoms with Gasteiger partial charge < -0.3 is 5.32 Å². The largest absolute Gasteiger partial charge is 0.319 e. The molecule has 1 fully saturated rings. The van der Waals surface area contributed by atoms with Gasteiger partial charge in [-0.2, -0.15) is 0 Å². The third-order valence-electron chi connectivity index (χ3n) is 3.08. The van der Waals surface area contributed by atoms with Gasteiger partial charge in [0.25, 0.3) is 0 Å². The number of likely N-dealkylation sites (tertiary alicyclic amines) is 1. The zero-order chi connectivity index (χ0) is 11.4. The molecule has 0 saturated carbocycles. The molecule has 17 heavy (non-hydrogen) atoms. The Hall–Kier alpha value is 0.130. The van der Waals surface area contributed by atoms with Gasteiger partial charge >= 0.3 is 0 Å². The van der Waals surface area contributed by atoms with E-state index in [4.69, 9.17) is 11.6 Å². The fraction of sp³-hybridized carbons (Fsp3) is 0.727. The number of nitrogens with zero attached hydrogens (tertiary/aromatic N) is 2. The molecule has 0 atom stereocenters. The van der Waals surface area contributed by atoms with Crippen molar-refractivity contribution in [1.82, 2.24) is 15.2 Å². The lowest BCUT2D eigenvalue weighted by Gasteiger charge is -2.31. The minimum Gasteiger partial charge on any atom is -0.319 e. The van der Waals surface area contributed by atoms with Crippen molar-refractivity contribution in [3.63, 3.8) is 0 Å². The van der Waals surface area contributed by atoms with E-state index >= 15 is 0 Å². The molecule has 98 valence electrons. The molecule has 1 N–H and O–H groups in total. The molecule has 3 nitrogen and oxygen atoms in total. The summed E-state index contributed by atoms with van der Waals surface area (Å²) in [7, 11) is 2.03. The molecule has 6 heteroatoms. The number of aromatic nitrogens is 1. The summed E-state index contributed by atoms with van der Waals surface area (Å²) in [5.74, 6) is 0.848. The van der Waals surface area contributed by atoms with E-state index in [0.29, 0.717) is 0 Å². The van der Waals surface area contributed by atoms with Crippen molar-refractivity contribution < 1.29 is 0 Å². The minimum absolute atomic E-state index is 0. The number of hydrogen-bond donors (Lipinski definition) is 1. The lowest BCUT2D eigenvalue weighted by Crippen LogP contribution is -2.36. The van der Waals surface area contributed by atoms with Crippen molar-refractivity contribution in [3.8, 4) is 0 Å². The fourth-order valence-corrected chi connectivity index (χ4v) is 3.19. The van der Waals surface area contributed by atoms with Gasteiger partial charge in [-0.1, -0.05) is 11.6 Å². The quantitative estimate of drug-likeness (QED) is 0.926. The summed E-state index contributed by atoms with van der Waals surface area (Å²) in [6.07, 6.45) is 4.33. The number of rotatable bonds is 4. The average molecular weight is 296 g/mol. The van der Waals surface area contributed by atoms with Crippen LogP contribution in [0.3, 0.4) is 0 Å². The molecule has 1 aliphatic rings. The van der Waals surface area contributed by atoms with Crippen LogP contribution in [0.2, 0.25) is 4.34 Å². The fourth-order valence-electron chi connectivity index (χ4n) is 2.19. The summed E-state index contributed by atoms with van der Waals surface area (Å²) >= 11 is 7.46. The van der Waals surface area contributed by atoms with Crippen LogP contribution in [-0.2, 0) is 6.54 Å². The zero-order valence-electron chi connectivity index (χ0n) is 9.99. The summed E-state index contributed by atoms with van der Waals surface area (Å²) in [6.45, 7) is 4.48. The second kappa shape index (κ2) is 7.54. The predicted molar refractivity (Wildman–Crippen MR) is 76.3 cm³/mol. The van der Waals surface area contributed by atoms with E-state index in [1.165, 1.54) is 25.9 Å². The first-order valence-corrected chi connectivity index (χ1v) is 6.94. The van der Waals surface area contributed by atoms with Crippen LogP contribution in [0.25, 0.3) is 0 Å². The molecule has 0 aromatic carbocycles. The van der Waals surface area contributed by atoms with E-state index in [2.05, 4.69) is 15.2 Å². The van der Waals surface area contributed by atoms with E-state index in [9.17, 15) is 0 Å². The molecule has 0 amide bonds. The van der Waals surface area contributed by atoms with Gasteiger partial charge in [0.1, 0.15) is 9.34 Å². The van der Waals surface area contributed by atoms with Crippen molar-refractivity contribution in [2.45, 2.75) is 19.4 Å². The van der Waals surface area contributed by atoms with Gasteiger partial charge in [0.2, 0.25) is 0 Å². The lowest BCUT2D eigenvalue weighted by molar-refractivity contribution is 0.176. The second-order valence-electron chi connectivity index (χ2n) is 4.34. The Bertz CT molecular complexity index is 324. The van der Waals surface area contributed by atoms with Crippen LogP contribution in [0.5, 0.6) is 0 Å². The van der Waals surface area contributed by atoms with Crippen LogP contribution in [-0.4, -0.2) is 36.6 Å². The summed E-state index contributed by atoms with van der Waals surface area (Å²) in [5.41, 5.74) is 0. The standard InChI is InChI=1S/C11H18ClN3S.ClH/c1-13-6-9-2-4-15(5-3-9)8-11-14-7-10(12)16-11;/h7,9,13H,2-6,8H2,1H3;1H. The van der Waals surface area contributed by atoms with Gasteiger partial charge in [-0.25, -0.2) is 4.98 Å². The molecular weight excluding hydrogens is 277 g/mol. The van der Waals surface area contributed by atoms with E-state index in [1.54, 1.807) is 17.5 Å². The van der Waals surface area contributed by atoms with Crippen LogP contribution < -0.4 is 5.32 Å². The van der Waals surface area contributed by atoms with E-state index in [0.717, 1.165) is 28.4 Å². The van der Waals surface area contributed by atoms with Crippen LogP contribution in [0.4, 0.5) is 0 Å². The number of nitrogens with one attached hydrogen (secondary N) is 1. The highest BCUT2D eigenvalue weighted by molar-refractivity contribution is 7.15. The molecule has 1 aliphatic heterocycles. The Kier molecular flexibility index (Phi) is 6.74. The molecule has 1 aromatic rings. The molecule has 0 radical (unpaired) electrons. The third-order valence-corrected chi connectivity index (χ3v) is 4.18. The van der Waals surface area contributed by atoms with Crippen molar-refractivity contribution >= 4 is 35.3 Å². The van der Waals surface area contributed by atoms with Crippen molar-refractivity contribution in [2.24, 2.45) is 5.92 Å². The first-order valence-electron chi connectivity index (χ1n) is 5.75. The highest BCUT2D eigenvalue weighted by Crippen LogP contribution is 2.22. The smallest absolute Gasteiger partial charge is 0.113 e. The zero-order valence-corrected chi connectivity index (χ0v) is 12.4. The van der Waals surface area contributed by atoms with Gasteiger partial charge in [-0.05, 0) is 45.4 Å². The predicted octanol–water partition coefficient (Wildman–Crippen LogP) is 2.65. The van der Waals surface area contributed by atoms with Crippen molar-refractivity contribution in [1.29, 1.82) is 0 Å². The van der Waals surface area contributed by atoms with Gasteiger partial charge in [0.15, 0.2) is 0 Å². The molecule has 0 unspecified atom stereocenters. The van der Waals surface area contributed by atoms with Crippen LogP contribution in [0.1, 0.15) is 17.8 Å². The minimum atomic E-state index is 0. The van der Waals surface area contributed by atoms with E-state index < -0.39 is 0 Å². The molecule has 0 bridgehead atoms. The van der Waals surface area contributed by atoms with Gasteiger partial charge in [0, 0.05) is 0 Å². The van der Waals surface area contributed by atoms with E-state index in [-0.39, 0.29) is 12.4 Å². The maximum absolute atomic E-state index is 5.87. The second-order valence-corrected chi connectivity index (χ2v) is 6.08. The first-order chi connectivity index (χ1) is 7.78. The Morgan fingerprint density at radius 1 is 1.53 bits per heavy atom.